The van der Waals surface area contributed by atoms with Crippen molar-refractivity contribution in [2.75, 3.05) is 24.6 Å². The average molecular weight is 715 g/mol. The van der Waals surface area contributed by atoms with E-state index in [9.17, 15) is 9.90 Å². The molecule has 6 heterocycles. The number of pyridine rings is 2. The van der Waals surface area contributed by atoms with Crippen molar-refractivity contribution >= 4 is 61.4 Å². The molecule has 8 rings (SSSR count). The quantitative estimate of drug-likeness (QED) is 0.0957. The maximum atomic E-state index is 12.5. The first kappa shape index (κ1) is 35.0. The minimum atomic E-state index is -1.06. The SMILES string of the molecule is CCN(Cc1nc2c([nH]1)c(N)nc1cc(-c3ccn[nH]3)ccc12)C(=O)CC(C)(C)O.CCNCc1nc2c([nH]1)c(N)nc1cc(-c3ccn[nH]3)ccc12. The fraction of sp³-hybridized carbons (Fsp3) is 0.270. The second kappa shape index (κ2) is 14.3. The standard InChI is InChI=1S/C21H25N7O2.C16H17N7/c1-4-28(17(29)10-21(2,3)30)11-16-25-18-13-6-5-12(14-7-8-23-27-14)9-15(13)24-20(22)19(18)26-16;1-2-18-8-13-21-14-10-4-3-9(11-5-6-19-23-11)7-12(10)20-16(17)15(14)22-13/h5-9,30H,4,10-11H2,1-3H3,(H2,22,24)(H,23,27)(H,25,26);3-7,18H,2,8H2,1H3,(H2,17,20)(H,19,23)(H,21,22). The van der Waals surface area contributed by atoms with Crippen molar-refractivity contribution in [3.8, 4) is 22.5 Å². The van der Waals surface area contributed by atoms with Crippen LogP contribution in [-0.2, 0) is 17.9 Å². The van der Waals surface area contributed by atoms with Crippen LogP contribution < -0.4 is 16.8 Å². The number of aliphatic hydroxyl groups is 1. The Morgan fingerprint density at radius 2 is 1.32 bits per heavy atom. The van der Waals surface area contributed by atoms with Crippen molar-refractivity contribution in [1.82, 2.24) is 60.5 Å². The van der Waals surface area contributed by atoms with Gasteiger partial charge in [0.2, 0.25) is 5.91 Å². The van der Waals surface area contributed by atoms with Gasteiger partial charge in [0.05, 0.1) is 47.5 Å². The summed E-state index contributed by atoms with van der Waals surface area (Å²) in [6, 6.07) is 15.7. The number of nitrogens with one attached hydrogen (secondary N) is 5. The summed E-state index contributed by atoms with van der Waals surface area (Å²) in [6.45, 7) is 9.57. The largest absolute Gasteiger partial charge is 0.390 e. The molecular formula is C37H42N14O2. The molecule has 0 bridgehead atoms. The number of nitrogen functional groups attached to an aromatic ring is 2. The van der Waals surface area contributed by atoms with Crippen molar-refractivity contribution in [2.24, 2.45) is 0 Å². The monoisotopic (exact) mass is 714 g/mol. The Bertz CT molecular complexity index is 2530. The highest BCUT2D eigenvalue weighted by Crippen LogP contribution is 2.31. The summed E-state index contributed by atoms with van der Waals surface area (Å²) in [6.07, 6.45) is 3.47. The molecule has 6 aromatic heterocycles. The van der Waals surface area contributed by atoms with Gasteiger partial charge < -0.3 is 36.8 Å². The molecule has 0 aliphatic rings. The lowest BCUT2D eigenvalue weighted by atomic mass is 10.0. The van der Waals surface area contributed by atoms with Gasteiger partial charge in [0.25, 0.3) is 0 Å². The number of aromatic nitrogens is 10. The van der Waals surface area contributed by atoms with Gasteiger partial charge in [-0.1, -0.05) is 19.1 Å². The number of hydrogen-bond acceptors (Lipinski definition) is 11. The highest BCUT2D eigenvalue weighted by atomic mass is 16.3. The summed E-state index contributed by atoms with van der Waals surface area (Å²) in [5.41, 5.74) is 19.6. The molecule has 0 unspecified atom stereocenters. The molecule has 0 atom stereocenters. The second-order valence-corrected chi connectivity index (χ2v) is 13.4. The van der Waals surface area contributed by atoms with Gasteiger partial charge in [0, 0.05) is 40.8 Å². The van der Waals surface area contributed by atoms with Gasteiger partial charge in [-0.2, -0.15) is 10.2 Å². The Kier molecular flexibility index (Phi) is 9.47. The zero-order chi connectivity index (χ0) is 37.3. The maximum absolute atomic E-state index is 12.5. The number of nitrogens with zero attached hydrogens (tertiary/aromatic N) is 7. The van der Waals surface area contributed by atoms with Crippen LogP contribution in [0.15, 0.2) is 60.9 Å². The Hall–Kier alpha value is -6.39. The van der Waals surface area contributed by atoms with Crippen molar-refractivity contribution < 1.29 is 9.90 Å². The molecule has 0 aliphatic heterocycles. The average Bonchev–Trinajstić information content (AvgIpc) is 3.96. The van der Waals surface area contributed by atoms with Gasteiger partial charge in [-0.05, 0) is 63.7 Å². The van der Waals surface area contributed by atoms with Gasteiger partial charge in [0.15, 0.2) is 0 Å². The van der Waals surface area contributed by atoms with Gasteiger partial charge in [-0.3, -0.25) is 15.0 Å². The fourth-order valence-electron chi connectivity index (χ4n) is 6.23. The number of carbonyl (C=O) groups is 1. The summed E-state index contributed by atoms with van der Waals surface area (Å²) in [7, 11) is 0. The summed E-state index contributed by atoms with van der Waals surface area (Å²) in [5, 5.41) is 28.9. The number of nitrogens with two attached hydrogens (primary N) is 2. The van der Waals surface area contributed by atoms with Gasteiger partial charge in [-0.25, -0.2) is 19.9 Å². The maximum Gasteiger partial charge on any atom is 0.225 e. The molecular weight excluding hydrogens is 673 g/mol. The molecule has 16 nitrogen and oxygen atoms in total. The molecule has 53 heavy (non-hydrogen) atoms. The van der Waals surface area contributed by atoms with Crippen molar-refractivity contribution in [3.05, 3.63) is 72.6 Å². The highest BCUT2D eigenvalue weighted by Gasteiger charge is 2.23. The van der Waals surface area contributed by atoms with Crippen LogP contribution in [0, 0.1) is 0 Å². The lowest BCUT2D eigenvalue weighted by Gasteiger charge is -2.24. The van der Waals surface area contributed by atoms with Crippen LogP contribution in [0.25, 0.3) is 66.4 Å². The third-order valence-corrected chi connectivity index (χ3v) is 8.83. The molecule has 8 aromatic rings. The predicted octanol–water partition coefficient (Wildman–Crippen LogP) is 4.79. The van der Waals surface area contributed by atoms with Crippen molar-refractivity contribution in [1.29, 1.82) is 0 Å². The number of imidazole rings is 2. The number of fused-ring (bicyclic) bond motifs is 6. The molecule has 0 saturated carbocycles. The van der Waals surface area contributed by atoms with E-state index in [1.54, 1.807) is 31.1 Å². The van der Waals surface area contributed by atoms with E-state index in [0.29, 0.717) is 42.6 Å². The first-order valence-electron chi connectivity index (χ1n) is 17.4. The van der Waals surface area contributed by atoms with Crippen LogP contribution in [0.4, 0.5) is 11.6 Å². The van der Waals surface area contributed by atoms with Crippen molar-refractivity contribution in [3.63, 3.8) is 0 Å². The molecule has 0 saturated heterocycles. The number of anilines is 2. The topological polar surface area (TPSA) is 245 Å². The van der Waals surface area contributed by atoms with E-state index in [1.165, 1.54) is 0 Å². The molecule has 0 aliphatic carbocycles. The number of hydrogen-bond donors (Lipinski definition) is 8. The normalized spacial score (nSPS) is 11.8. The van der Waals surface area contributed by atoms with E-state index in [-0.39, 0.29) is 12.3 Å². The zero-order valence-electron chi connectivity index (χ0n) is 29.9. The number of rotatable bonds is 10. The highest BCUT2D eigenvalue weighted by molar-refractivity contribution is 6.08. The van der Waals surface area contributed by atoms with Gasteiger partial charge in [-0.15, -0.1) is 0 Å². The minimum absolute atomic E-state index is 0.0457. The second-order valence-electron chi connectivity index (χ2n) is 13.4. The van der Waals surface area contributed by atoms with Crippen LogP contribution in [0.3, 0.4) is 0 Å². The number of H-pyrrole nitrogens is 4. The summed E-state index contributed by atoms with van der Waals surface area (Å²) >= 11 is 0. The van der Waals surface area contributed by atoms with Crippen LogP contribution in [0.1, 0.15) is 45.8 Å². The number of amides is 1. The van der Waals surface area contributed by atoms with Crippen LogP contribution in [0.2, 0.25) is 0 Å². The molecule has 1 amide bonds. The van der Waals surface area contributed by atoms with Gasteiger partial charge in [0.1, 0.15) is 45.4 Å². The van der Waals surface area contributed by atoms with Crippen molar-refractivity contribution in [2.45, 2.75) is 52.8 Å². The molecule has 0 spiro atoms. The van der Waals surface area contributed by atoms with E-state index < -0.39 is 5.60 Å². The Balaban J connectivity index is 0.000000170. The molecule has 16 heteroatoms. The first-order chi connectivity index (χ1) is 25.5. The van der Waals surface area contributed by atoms with E-state index in [1.807, 2.05) is 55.5 Å². The number of carbonyl (C=O) groups excluding carboxylic acids is 1. The van der Waals surface area contributed by atoms with Crippen LogP contribution in [0.5, 0.6) is 0 Å². The molecule has 272 valence electrons. The number of benzene rings is 2. The fourth-order valence-corrected chi connectivity index (χ4v) is 6.23. The van der Waals surface area contributed by atoms with Gasteiger partial charge >= 0.3 is 0 Å². The van der Waals surface area contributed by atoms with E-state index in [4.69, 9.17) is 16.5 Å². The van der Waals surface area contributed by atoms with Crippen LogP contribution >= 0.6 is 0 Å². The first-order valence-corrected chi connectivity index (χ1v) is 17.4. The molecule has 10 N–H and O–H groups in total. The lowest BCUT2D eigenvalue weighted by molar-refractivity contribution is -0.135. The molecule has 0 fully saturated rings. The Labute approximate surface area is 303 Å². The minimum Gasteiger partial charge on any atom is -0.390 e. The molecule has 0 radical (unpaired) electrons. The Morgan fingerprint density at radius 1 is 0.792 bits per heavy atom. The summed E-state index contributed by atoms with van der Waals surface area (Å²) < 4.78 is 0. The third kappa shape index (κ3) is 7.35. The Morgan fingerprint density at radius 3 is 1.79 bits per heavy atom. The van der Waals surface area contributed by atoms with Crippen LogP contribution in [-0.4, -0.2) is 84.9 Å². The summed E-state index contributed by atoms with van der Waals surface area (Å²) in [4.78, 5) is 39.1. The lowest BCUT2D eigenvalue weighted by Crippen LogP contribution is -2.36. The molecule has 2 aromatic carbocycles. The predicted molar refractivity (Wildman–Crippen MR) is 206 cm³/mol. The smallest absolute Gasteiger partial charge is 0.225 e. The zero-order valence-corrected chi connectivity index (χ0v) is 29.9. The number of aromatic amines is 4. The van der Waals surface area contributed by atoms with E-state index >= 15 is 0 Å². The van der Waals surface area contributed by atoms with E-state index in [2.05, 4.69) is 57.6 Å². The third-order valence-electron chi connectivity index (χ3n) is 8.83. The summed E-state index contributed by atoms with van der Waals surface area (Å²) in [5.74, 6) is 2.16. The van der Waals surface area contributed by atoms with E-state index in [0.717, 1.165) is 73.2 Å².